The van der Waals surface area contributed by atoms with Crippen LogP contribution in [0.4, 0.5) is 0 Å². The molecule has 0 aliphatic heterocycles. The van der Waals surface area contributed by atoms with E-state index >= 15 is 0 Å². The third-order valence-electron chi connectivity index (χ3n) is 0.815. The standard InChI is InChI=1S/C5H5N2.Zr/c6-7-4-2-1-3-5-7;/h1-5H;/q+1;+2. The van der Waals surface area contributed by atoms with Gasteiger partial charge in [0.2, 0.25) is 0 Å². The van der Waals surface area contributed by atoms with Gasteiger partial charge in [0.15, 0.2) is 0 Å². The fraction of sp³-hybridized carbons (Fsp3) is 0. The third-order valence-corrected chi connectivity index (χ3v) is 1.38. The van der Waals surface area contributed by atoms with Crippen molar-refractivity contribution in [1.29, 1.82) is 0 Å². The van der Waals surface area contributed by atoms with Gasteiger partial charge in [0.1, 0.15) is 0 Å². The Morgan fingerprint density at radius 2 is 1.75 bits per heavy atom. The summed E-state index contributed by atoms with van der Waals surface area (Å²) in [4.78, 5) is 0. The fourth-order valence-electron chi connectivity index (χ4n) is 0.456. The van der Waals surface area contributed by atoms with Crippen LogP contribution in [0.3, 0.4) is 0 Å². The molecule has 1 aromatic heterocycles. The van der Waals surface area contributed by atoms with Gasteiger partial charge in [-0.2, -0.15) is 0 Å². The van der Waals surface area contributed by atoms with E-state index in [1.807, 2.05) is 30.6 Å². The zero-order valence-corrected chi connectivity index (χ0v) is 6.74. The molecule has 36 valence electrons. The van der Waals surface area contributed by atoms with Gasteiger partial charge < -0.3 is 0 Å². The minimum absolute atomic E-state index is 1.18. The average molecular weight is 184 g/mol. The molecule has 0 aliphatic carbocycles. The van der Waals surface area contributed by atoms with Crippen molar-refractivity contribution in [2.24, 2.45) is 2.98 Å². The van der Waals surface area contributed by atoms with Gasteiger partial charge in [-0.15, -0.1) is 0 Å². The van der Waals surface area contributed by atoms with Gasteiger partial charge in [-0.05, 0) is 0 Å². The van der Waals surface area contributed by atoms with Crippen molar-refractivity contribution in [2.75, 3.05) is 0 Å². The molecule has 0 fully saturated rings. The molecule has 1 rings (SSSR count). The predicted octanol–water partition coefficient (Wildman–Crippen LogP) is 0.468. The van der Waals surface area contributed by atoms with Gasteiger partial charge in [-0.3, -0.25) is 0 Å². The summed E-state index contributed by atoms with van der Waals surface area (Å²) >= 11 is 1.18. The number of rotatable bonds is 1. The topological polar surface area (TPSA) is 16.2 Å². The first-order chi connectivity index (χ1) is 3.93. The van der Waals surface area contributed by atoms with E-state index in [-0.39, 0.29) is 0 Å². The molecule has 0 saturated carbocycles. The van der Waals surface area contributed by atoms with E-state index in [0.29, 0.717) is 0 Å². The minimum atomic E-state index is 1.18. The van der Waals surface area contributed by atoms with E-state index in [2.05, 4.69) is 2.98 Å². The van der Waals surface area contributed by atoms with Crippen LogP contribution in [-0.2, 0) is 24.6 Å². The van der Waals surface area contributed by atoms with Crippen molar-refractivity contribution in [3.05, 3.63) is 30.6 Å². The number of hydrogen-bond acceptors (Lipinski definition) is 1. The molecular formula is C5H5N2Zr+3. The molecule has 2 nitrogen and oxygen atoms in total. The monoisotopic (exact) mass is 183 g/mol. The molecule has 3 heteroatoms. The normalized spacial score (nSPS) is 8.75. The van der Waals surface area contributed by atoms with Crippen LogP contribution < -0.4 is 4.68 Å². The SMILES string of the molecule is [Zr+2]=[N][n+]1ccccc1. The van der Waals surface area contributed by atoms with Gasteiger partial charge in [0, 0.05) is 0 Å². The Labute approximate surface area is 62.9 Å². The third kappa shape index (κ3) is 1.41. The molecule has 0 N–H and O–H groups in total. The quantitative estimate of drug-likeness (QED) is 0.564. The Morgan fingerprint density at radius 3 is 2.12 bits per heavy atom. The summed E-state index contributed by atoms with van der Waals surface area (Å²) < 4.78 is 5.77. The molecule has 1 aromatic rings. The van der Waals surface area contributed by atoms with Gasteiger partial charge in [0.05, 0.1) is 0 Å². The van der Waals surface area contributed by atoms with Gasteiger partial charge in [0.25, 0.3) is 0 Å². The average Bonchev–Trinajstić information content (AvgIpc) is 1.90. The van der Waals surface area contributed by atoms with Crippen LogP contribution in [0, 0.1) is 0 Å². The Hall–Kier alpha value is -0.167. The molecule has 0 amide bonds. The van der Waals surface area contributed by atoms with Crippen molar-refractivity contribution in [3.8, 4) is 0 Å². The molecule has 0 atom stereocenters. The maximum atomic E-state index is 3.98. The molecule has 0 bridgehead atoms. The number of hydrogen-bond donors (Lipinski definition) is 0. The number of nitrogens with zero attached hydrogens (tertiary/aromatic N) is 2. The second-order valence-electron chi connectivity index (χ2n) is 1.36. The van der Waals surface area contributed by atoms with Crippen molar-refractivity contribution in [2.45, 2.75) is 0 Å². The molecule has 0 spiro atoms. The Morgan fingerprint density at radius 1 is 1.12 bits per heavy atom. The molecule has 8 heavy (non-hydrogen) atoms. The Bertz CT molecular complexity index is 173. The van der Waals surface area contributed by atoms with Crippen LogP contribution in [0.1, 0.15) is 0 Å². The van der Waals surface area contributed by atoms with E-state index < -0.39 is 0 Å². The van der Waals surface area contributed by atoms with E-state index in [0.717, 1.165) is 0 Å². The van der Waals surface area contributed by atoms with Crippen molar-refractivity contribution >= 4 is 0 Å². The van der Waals surface area contributed by atoms with Crippen molar-refractivity contribution in [3.63, 3.8) is 0 Å². The molecule has 0 radical (unpaired) electrons. The fourth-order valence-corrected chi connectivity index (χ4v) is 0.784. The summed E-state index contributed by atoms with van der Waals surface area (Å²) in [5, 5.41) is 0. The zero-order chi connectivity index (χ0) is 5.82. The first-order valence-electron chi connectivity index (χ1n) is 2.27. The molecule has 0 aliphatic rings. The van der Waals surface area contributed by atoms with Crippen LogP contribution in [0.25, 0.3) is 0 Å². The zero-order valence-electron chi connectivity index (χ0n) is 4.28. The molecule has 1 heterocycles. The second-order valence-corrected chi connectivity index (χ2v) is 1.85. The van der Waals surface area contributed by atoms with Crippen LogP contribution >= 0.6 is 0 Å². The molecule has 0 unspecified atom stereocenters. The van der Waals surface area contributed by atoms with Crippen LogP contribution in [0.2, 0.25) is 0 Å². The summed E-state index contributed by atoms with van der Waals surface area (Å²) in [6, 6.07) is 5.87. The first-order valence-corrected chi connectivity index (χ1v) is 3.37. The Kier molecular flexibility index (Phi) is 2.22. The van der Waals surface area contributed by atoms with E-state index in [9.17, 15) is 0 Å². The number of pyridine rings is 1. The van der Waals surface area contributed by atoms with Gasteiger partial charge in [-0.25, -0.2) is 0 Å². The Balaban J connectivity index is 2.99. The summed E-state index contributed by atoms with van der Waals surface area (Å²) in [5.74, 6) is 0. The molecule has 0 aromatic carbocycles. The predicted molar refractivity (Wildman–Crippen MR) is 24.5 cm³/mol. The molecule has 0 saturated heterocycles. The summed E-state index contributed by atoms with van der Waals surface area (Å²) in [6.45, 7) is 0. The van der Waals surface area contributed by atoms with Crippen LogP contribution in [0.5, 0.6) is 0 Å². The second kappa shape index (κ2) is 2.98. The van der Waals surface area contributed by atoms with Crippen molar-refractivity contribution < 1.29 is 29.2 Å². The summed E-state index contributed by atoms with van der Waals surface area (Å²) in [7, 11) is 0. The summed E-state index contributed by atoms with van der Waals surface area (Å²) in [5.41, 5.74) is 0. The van der Waals surface area contributed by atoms with Crippen molar-refractivity contribution in [1.82, 2.24) is 0 Å². The van der Waals surface area contributed by atoms with E-state index in [4.69, 9.17) is 0 Å². The molecular weight excluding hydrogens is 179 g/mol. The first kappa shape index (κ1) is 5.96. The van der Waals surface area contributed by atoms with E-state index in [1.54, 1.807) is 4.68 Å². The summed E-state index contributed by atoms with van der Waals surface area (Å²) in [6.07, 6.45) is 3.82. The van der Waals surface area contributed by atoms with Crippen LogP contribution in [-0.4, -0.2) is 0 Å². The van der Waals surface area contributed by atoms with E-state index in [1.165, 1.54) is 24.6 Å². The maximum absolute atomic E-state index is 3.98. The van der Waals surface area contributed by atoms with Gasteiger partial charge in [-0.1, -0.05) is 0 Å². The number of aromatic nitrogens is 1. The van der Waals surface area contributed by atoms with Crippen LogP contribution in [0.15, 0.2) is 33.6 Å². The van der Waals surface area contributed by atoms with Gasteiger partial charge >= 0.3 is 62.8 Å².